The van der Waals surface area contributed by atoms with Crippen molar-refractivity contribution in [2.45, 2.75) is 12.3 Å². The number of hydrogen-bond acceptors (Lipinski definition) is 5. The normalized spacial score (nSPS) is 16.6. The van der Waals surface area contributed by atoms with Crippen LogP contribution in [0.15, 0.2) is 41.9 Å². The van der Waals surface area contributed by atoms with Crippen molar-refractivity contribution in [1.82, 2.24) is 9.88 Å². The zero-order valence-electron chi connectivity index (χ0n) is 13.9. The molecule has 1 aliphatic heterocycles. The number of anilines is 1. The van der Waals surface area contributed by atoms with Gasteiger partial charge in [-0.2, -0.15) is 13.2 Å². The maximum atomic E-state index is 12.8. The fraction of sp³-hybridized carbons (Fsp3) is 0.412. The highest BCUT2D eigenvalue weighted by Crippen LogP contribution is 2.26. The summed E-state index contributed by atoms with van der Waals surface area (Å²) in [5.41, 5.74) is 0.420. The highest BCUT2D eigenvalue weighted by molar-refractivity contribution is 7.13. The Bertz CT molecular complexity index is 702. The molecule has 0 aliphatic carbocycles. The average Bonchev–Trinajstić information content (AvgIpc) is 3.16. The number of rotatable bonds is 5. The van der Waals surface area contributed by atoms with E-state index in [0.717, 1.165) is 5.13 Å². The van der Waals surface area contributed by atoms with Crippen LogP contribution in [0.25, 0.3) is 0 Å². The van der Waals surface area contributed by atoms with Crippen LogP contribution in [-0.4, -0.2) is 54.8 Å². The van der Waals surface area contributed by atoms with E-state index in [1.807, 2.05) is 5.38 Å². The van der Waals surface area contributed by atoms with Gasteiger partial charge in [0.25, 0.3) is 5.91 Å². The van der Waals surface area contributed by atoms with Gasteiger partial charge in [-0.3, -0.25) is 4.79 Å². The summed E-state index contributed by atoms with van der Waals surface area (Å²) in [6.45, 7) is 0.533. The molecule has 1 aliphatic rings. The van der Waals surface area contributed by atoms with Gasteiger partial charge in [0.2, 0.25) is 0 Å². The Labute approximate surface area is 153 Å². The molecule has 0 spiro atoms. The molecule has 5 nitrogen and oxygen atoms in total. The number of amides is 1. The molecule has 1 fully saturated rings. The molecule has 9 heteroatoms. The number of carbonyl (C=O) groups is 1. The van der Waals surface area contributed by atoms with E-state index >= 15 is 0 Å². The summed E-state index contributed by atoms with van der Waals surface area (Å²) in [5, 5.41) is 2.76. The summed E-state index contributed by atoms with van der Waals surface area (Å²) < 4.78 is 42.7. The first-order valence-corrected chi connectivity index (χ1v) is 8.98. The van der Waals surface area contributed by atoms with Crippen LogP contribution in [0.4, 0.5) is 18.3 Å². The Kier molecular flexibility index (Phi) is 5.77. The lowest BCUT2D eigenvalue weighted by Gasteiger charge is -2.36. The van der Waals surface area contributed by atoms with E-state index in [2.05, 4.69) is 9.88 Å². The summed E-state index contributed by atoms with van der Waals surface area (Å²) in [4.78, 5) is 20.7. The van der Waals surface area contributed by atoms with Crippen molar-refractivity contribution in [2.75, 3.05) is 37.7 Å². The largest absolute Gasteiger partial charge is 0.411 e. The van der Waals surface area contributed by atoms with Crippen molar-refractivity contribution in [3.05, 3.63) is 47.5 Å². The summed E-state index contributed by atoms with van der Waals surface area (Å²) in [6, 6.07) is 8.29. The van der Waals surface area contributed by atoms with Gasteiger partial charge in [-0.25, -0.2) is 4.98 Å². The Balaban J connectivity index is 1.67. The minimum atomic E-state index is -4.49. The number of piperazine rings is 1. The Hall–Kier alpha value is -2.13. The molecule has 0 unspecified atom stereocenters. The van der Waals surface area contributed by atoms with Gasteiger partial charge in [0.05, 0.1) is 0 Å². The lowest BCUT2D eigenvalue weighted by molar-refractivity contribution is -0.191. The predicted molar refractivity (Wildman–Crippen MR) is 92.1 cm³/mol. The third kappa shape index (κ3) is 4.73. The number of nitrogens with zero attached hydrogens (tertiary/aromatic N) is 3. The van der Waals surface area contributed by atoms with Crippen molar-refractivity contribution >= 4 is 22.4 Å². The Morgan fingerprint density at radius 2 is 1.88 bits per heavy atom. The van der Waals surface area contributed by atoms with Crippen molar-refractivity contribution in [3.63, 3.8) is 0 Å². The number of aromatic nitrogens is 1. The third-order valence-electron chi connectivity index (χ3n) is 4.02. The van der Waals surface area contributed by atoms with Crippen molar-refractivity contribution in [2.24, 2.45) is 0 Å². The highest BCUT2D eigenvalue weighted by Gasteiger charge is 2.34. The first kappa shape index (κ1) is 18.7. The minimum Gasteiger partial charge on any atom is -0.354 e. The van der Waals surface area contributed by atoms with Crippen LogP contribution in [0.1, 0.15) is 11.7 Å². The maximum Gasteiger partial charge on any atom is 0.411 e. The van der Waals surface area contributed by atoms with Crippen LogP contribution in [0.3, 0.4) is 0 Å². The van der Waals surface area contributed by atoms with Crippen LogP contribution in [0.5, 0.6) is 0 Å². The van der Waals surface area contributed by atoms with Crippen LogP contribution in [0, 0.1) is 0 Å². The molecule has 0 bridgehead atoms. The van der Waals surface area contributed by atoms with Crippen molar-refractivity contribution < 1.29 is 22.7 Å². The second kappa shape index (κ2) is 8.05. The van der Waals surface area contributed by atoms with E-state index in [-0.39, 0.29) is 0 Å². The first-order valence-electron chi connectivity index (χ1n) is 8.10. The van der Waals surface area contributed by atoms with E-state index in [0.29, 0.717) is 31.7 Å². The zero-order valence-corrected chi connectivity index (χ0v) is 14.7. The van der Waals surface area contributed by atoms with Gasteiger partial charge in [-0.1, -0.05) is 30.3 Å². The van der Waals surface area contributed by atoms with E-state index in [1.165, 1.54) is 11.3 Å². The molecule has 0 saturated carbocycles. The van der Waals surface area contributed by atoms with Gasteiger partial charge >= 0.3 is 6.18 Å². The molecule has 1 amide bonds. The van der Waals surface area contributed by atoms with Crippen LogP contribution in [0.2, 0.25) is 0 Å². The van der Waals surface area contributed by atoms with Gasteiger partial charge < -0.3 is 14.5 Å². The van der Waals surface area contributed by atoms with E-state index in [4.69, 9.17) is 4.74 Å². The van der Waals surface area contributed by atoms with E-state index in [1.54, 1.807) is 41.4 Å². The number of alkyl halides is 3. The lowest BCUT2D eigenvalue weighted by atomic mass is 10.1. The molecule has 0 N–H and O–H groups in total. The number of hydrogen-bond donors (Lipinski definition) is 0. The maximum absolute atomic E-state index is 12.8. The molecule has 1 saturated heterocycles. The number of carbonyl (C=O) groups excluding carboxylic acids is 1. The molecule has 3 rings (SSSR count). The third-order valence-corrected chi connectivity index (χ3v) is 4.85. The van der Waals surface area contributed by atoms with Gasteiger partial charge in [0.1, 0.15) is 6.61 Å². The molecular formula is C17H18F3N3O2S. The van der Waals surface area contributed by atoms with Gasteiger partial charge in [-0.15, -0.1) is 11.3 Å². The second-order valence-electron chi connectivity index (χ2n) is 5.84. The Morgan fingerprint density at radius 1 is 1.19 bits per heavy atom. The van der Waals surface area contributed by atoms with Crippen molar-refractivity contribution in [1.29, 1.82) is 0 Å². The highest BCUT2D eigenvalue weighted by atomic mass is 32.1. The number of benzene rings is 1. The fourth-order valence-corrected chi connectivity index (χ4v) is 3.47. The van der Waals surface area contributed by atoms with Crippen molar-refractivity contribution in [3.8, 4) is 0 Å². The number of halogens is 3. The summed E-state index contributed by atoms with van der Waals surface area (Å²) in [6.07, 6.45) is -4.03. The minimum absolute atomic E-state index is 0.414. The first-order chi connectivity index (χ1) is 12.4. The monoisotopic (exact) mass is 385 g/mol. The van der Waals surface area contributed by atoms with Crippen LogP contribution < -0.4 is 4.90 Å². The molecule has 1 atom stereocenters. The SMILES string of the molecule is O=C([C@H](OCC(F)(F)F)c1ccccc1)N1CCN(c2nccs2)CC1. The molecule has 2 aromatic rings. The van der Waals surface area contributed by atoms with Gasteiger partial charge in [0.15, 0.2) is 11.2 Å². The van der Waals surface area contributed by atoms with Gasteiger partial charge in [0, 0.05) is 37.8 Å². The van der Waals surface area contributed by atoms with Crippen LogP contribution in [-0.2, 0) is 9.53 Å². The zero-order chi connectivity index (χ0) is 18.6. The predicted octanol–water partition coefficient (Wildman–Crippen LogP) is 3.11. The molecule has 140 valence electrons. The average molecular weight is 385 g/mol. The number of thiazole rings is 1. The molecule has 2 heterocycles. The van der Waals surface area contributed by atoms with E-state index in [9.17, 15) is 18.0 Å². The topological polar surface area (TPSA) is 45.7 Å². The van der Waals surface area contributed by atoms with Crippen LogP contribution >= 0.6 is 11.3 Å². The smallest absolute Gasteiger partial charge is 0.354 e. The summed E-state index contributed by atoms with van der Waals surface area (Å²) in [7, 11) is 0. The van der Waals surface area contributed by atoms with Gasteiger partial charge in [-0.05, 0) is 5.56 Å². The molecule has 1 aromatic heterocycles. The Morgan fingerprint density at radius 3 is 2.46 bits per heavy atom. The lowest BCUT2D eigenvalue weighted by Crippen LogP contribution is -2.50. The number of ether oxygens (including phenoxy) is 1. The van der Waals surface area contributed by atoms with E-state index < -0.39 is 24.8 Å². The fourth-order valence-electron chi connectivity index (χ4n) is 2.77. The summed E-state index contributed by atoms with van der Waals surface area (Å²) >= 11 is 1.51. The molecule has 26 heavy (non-hydrogen) atoms. The standard InChI is InChI=1S/C17H18F3N3O2S/c18-17(19,20)12-25-14(13-4-2-1-3-5-13)15(24)22-7-9-23(10-8-22)16-21-6-11-26-16/h1-6,11,14H,7-10,12H2/t14-/m1/s1. The molecule has 0 radical (unpaired) electrons. The quantitative estimate of drug-likeness (QED) is 0.794. The second-order valence-corrected chi connectivity index (χ2v) is 6.72. The summed E-state index contributed by atoms with van der Waals surface area (Å²) in [5.74, 6) is -0.445. The molecule has 1 aromatic carbocycles. The molecular weight excluding hydrogens is 367 g/mol.